The average molecular weight is 408 g/mol. The van der Waals surface area contributed by atoms with Gasteiger partial charge in [-0.25, -0.2) is 0 Å². The van der Waals surface area contributed by atoms with Gasteiger partial charge >= 0.3 is 0 Å². The Morgan fingerprint density at radius 1 is 1.10 bits per heavy atom. The van der Waals surface area contributed by atoms with Crippen molar-refractivity contribution in [3.8, 4) is 11.4 Å². The summed E-state index contributed by atoms with van der Waals surface area (Å²) in [5.74, 6) is 1.01. The highest BCUT2D eigenvalue weighted by Gasteiger charge is 2.16. The van der Waals surface area contributed by atoms with Crippen molar-refractivity contribution >= 4 is 17.3 Å². The maximum absolute atomic E-state index is 12.4. The third-order valence-electron chi connectivity index (χ3n) is 4.94. The molecule has 4 rings (SSSR count). The zero-order chi connectivity index (χ0) is 20.8. The Bertz CT molecular complexity index is 952. The number of morpholine rings is 1. The highest BCUT2D eigenvalue weighted by molar-refractivity contribution is 5.91. The average Bonchev–Trinajstić information content (AvgIpc) is 3.23. The topological polar surface area (TPSA) is 84.9 Å². The second-order valence-electron chi connectivity index (χ2n) is 7.38. The summed E-state index contributed by atoms with van der Waals surface area (Å²) in [4.78, 5) is 20.1. The van der Waals surface area contributed by atoms with Gasteiger partial charge in [-0.1, -0.05) is 35.5 Å². The zero-order valence-corrected chi connectivity index (χ0v) is 17.0. The third-order valence-corrected chi connectivity index (χ3v) is 4.94. The Morgan fingerprint density at radius 2 is 1.83 bits per heavy atom. The molecule has 2 heterocycles. The van der Waals surface area contributed by atoms with Crippen LogP contribution in [0.2, 0.25) is 0 Å². The van der Waals surface area contributed by atoms with E-state index in [1.54, 1.807) is 0 Å². The first-order valence-corrected chi connectivity index (χ1v) is 10.1. The molecule has 1 saturated heterocycles. The number of anilines is 2. The monoisotopic (exact) mass is 408 g/mol. The van der Waals surface area contributed by atoms with Gasteiger partial charge in [-0.2, -0.15) is 4.98 Å². The van der Waals surface area contributed by atoms with Crippen molar-refractivity contribution in [1.29, 1.82) is 0 Å². The van der Waals surface area contributed by atoms with E-state index in [1.807, 2.05) is 61.6 Å². The molecular weight excluding hydrogens is 382 g/mol. The van der Waals surface area contributed by atoms with Gasteiger partial charge in [0.1, 0.15) is 0 Å². The number of benzene rings is 2. The maximum atomic E-state index is 12.4. The lowest BCUT2D eigenvalue weighted by molar-refractivity contribution is -0.886. The molecule has 1 aliphatic rings. The number of amides is 1. The van der Waals surface area contributed by atoms with Crippen LogP contribution in [0.25, 0.3) is 11.4 Å². The fraction of sp³-hybridized carbons (Fsp3) is 0.318. The number of hydrogen-bond acceptors (Lipinski definition) is 6. The van der Waals surface area contributed by atoms with Crippen molar-refractivity contribution in [1.82, 2.24) is 10.1 Å². The van der Waals surface area contributed by atoms with E-state index in [0.29, 0.717) is 24.8 Å². The number of nitrogens with zero attached hydrogens (tertiary/aromatic N) is 3. The van der Waals surface area contributed by atoms with E-state index in [1.165, 1.54) is 0 Å². The number of hydrogen-bond donors (Lipinski definition) is 2. The Kier molecular flexibility index (Phi) is 6.36. The predicted octanol–water partition coefficient (Wildman–Crippen LogP) is 1.23. The highest BCUT2D eigenvalue weighted by Crippen LogP contribution is 2.19. The lowest BCUT2D eigenvalue weighted by atomic mass is 10.2. The van der Waals surface area contributed by atoms with E-state index in [-0.39, 0.29) is 5.91 Å². The van der Waals surface area contributed by atoms with Crippen LogP contribution in [0, 0.1) is 0 Å². The summed E-state index contributed by atoms with van der Waals surface area (Å²) in [6.45, 7) is 4.06. The van der Waals surface area contributed by atoms with Crippen LogP contribution in [0.3, 0.4) is 0 Å². The second-order valence-corrected chi connectivity index (χ2v) is 7.38. The summed E-state index contributed by atoms with van der Waals surface area (Å²) >= 11 is 0. The van der Waals surface area contributed by atoms with Crippen molar-refractivity contribution in [3.63, 3.8) is 0 Å². The number of ether oxygens (including phenoxy) is 1. The molecule has 0 spiro atoms. The first-order valence-electron chi connectivity index (χ1n) is 10.1. The number of likely N-dealkylation sites (N-methyl/N-ethyl adjacent to an activating group) is 1. The zero-order valence-electron chi connectivity index (χ0n) is 17.0. The van der Waals surface area contributed by atoms with Crippen LogP contribution >= 0.6 is 0 Å². The van der Waals surface area contributed by atoms with Crippen LogP contribution in [0.5, 0.6) is 0 Å². The quantitative estimate of drug-likeness (QED) is 0.612. The molecule has 156 valence electrons. The van der Waals surface area contributed by atoms with Gasteiger partial charge in [0.05, 0.1) is 20.3 Å². The molecule has 0 saturated carbocycles. The molecule has 0 bridgehead atoms. The Morgan fingerprint density at radius 3 is 2.57 bits per heavy atom. The first kappa shape index (κ1) is 20.1. The molecule has 30 heavy (non-hydrogen) atoms. The van der Waals surface area contributed by atoms with Crippen LogP contribution in [0.4, 0.5) is 11.4 Å². The van der Waals surface area contributed by atoms with Crippen molar-refractivity contribution < 1.29 is 19.0 Å². The van der Waals surface area contributed by atoms with E-state index < -0.39 is 0 Å². The second kappa shape index (κ2) is 9.51. The van der Waals surface area contributed by atoms with Gasteiger partial charge in [0.25, 0.3) is 11.8 Å². The van der Waals surface area contributed by atoms with Crippen molar-refractivity contribution in [2.45, 2.75) is 6.54 Å². The molecule has 1 aromatic heterocycles. The van der Waals surface area contributed by atoms with Gasteiger partial charge in [-0.15, -0.1) is 0 Å². The summed E-state index contributed by atoms with van der Waals surface area (Å²) in [5.41, 5.74) is 2.84. The molecule has 1 fully saturated rings. The highest BCUT2D eigenvalue weighted by atomic mass is 16.5. The molecule has 1 unspecified atom stereocenters. The lowest BCUT2D eigenvalue weighted by Crippen LogP contribution is -3.08. The molecule has 0 aliphatic carbocycles. The van der Waals surface area contributed by atoms with Crippen molar-refractivity contribution in [2.24, 2.45) is 0 Å². The minimum absolute atomic E-state index is 0.0607. The number of nitrogens with one attached hydrogen (secondary N) is 2. The molecule has 2 aromatic carbocycles. The SMILES string of the molecule is C[NH+](CC(=O)Nc1ccc(N2CCOCC2)cc1)Cc1nc(-c2ccccc2)no1. The molecule has 0 radical (unpaired) electrons. The Balaban J connectivity index is 1.27. The molecule has 1 amide bonds. The molecule has 1 atom stereocenters. The fourth-order valence-corrected chi connectivity index (χ4v) is 3.41. The summed E-state index contributed by atoms with van der Waals surface area (Å²) in [7, 11) is 1.92. The Hall–Kier alpha value is -3.23. The lowest BCUT2D eigenvalue weighted by Gasteiger charge is -2.28. The van der Waals surface area contributed by atoms with Crippen LogP contribution in [0.1, 0.15) is 5.89 Å². The fourth-order valence-electron chi connectivity index (χ4n) is 3.41. The third kappa shape index (κ3) is 5.22. The van der Waals surface area contributed by atoms with Crippen LogP contribution < -0.4 is 15.1 Å². The van der Waals surface area contributed by atoms with Crippen LogP contribution in [-0.4, -0.2) is 55.9 Å². The van der Waals surface area contributed by atoms with Gasteiger partial charge in [-0.3, -0.25) is 4.79 Å². The predicted molar refractivity (Wildman–Crippen MR) is 113 cm³/mol. The smallest absolute Gasteiger partial charge is 0.282 e. The molecular formula is C22H26N5O3+. The molecule has 8 nitrogen and oxygen atoms in total. The molecule has 2 N–H and O–H groups in total. The first-order chi connectivity index (χ1) is 14.7. The maximum Gasteiger partial charge on any atom is 0.282 e. The van der Waals surface area contributed by atoms with E-state index in [4.69, 9.17) is 9.26 Å². The summed E-state index contributed by atoms with van der Waals surface area (Å²) < 4.78 is 10.7. The van der Waals surface area contributed by atoms with Crippen LogP contribution in [-0.2, 0) is 16.1 Å². The van der Waals surface area contributed by atoms with Crippen molar-refractivity contribution in [2.75, 3.05) is 50.1 Å². The minimum atomic E-state index is -0.0607. The molecule has 1 aliphatic heterocycles. The number of carbonyl (C=O) groups excluding carboxylic acids is 1. The van der Waals surface area contributed by atoms with Gasteiger partial charge in [-0.05, 0) is 24.3 Å². The number of quaternary nitrogens is 1. The summed E-state index contributed by atoms with van der Waals surface area (Å²) in [6, 6.07) is 17.6. The standard InChI is InChI=1S/C22H25N5O3/c1-26(16-21-24-22(25-30-21)17-5-3-2-4-6-17)15-20(28)23-18-7-9-19(10-8-18)27-11-13-29-14-12-27/h2-10H,11-16H2,1H3,(H,23,28)/p+1. The molecule has 8 heteroatoms. The van der Waals surface area contributed by atoms with E-state index >= 15 is 0 Å². The largest absolute Gasteiger partial charge is 0.378 e. The summed E-state index contributed by atoms with van der Waals surface area (Å²) in [5, 5.41) is 6.97. The van der Waals surface area contributed by atoms with E-state index in [2.05, 4.69) is 20.4 Å². The van der Waals surface area contributed by atoms with Crippen molar-refractivity contribution in [3.05, 3.63) is 60.5 Å². The normalized spacial score (nSPS) is 15.0. The number of rotatable bonds is 7. The minimum Gasteiger partial charge on any atom is -0.378 e. The van der Waals surface area contributed by atoms with Gasteiger partial charge in [0.15, 0.2) is 13.1 Å². The van der Waals surface area contributed by atoms with E-state index in [0.717, 1.165) is 48.1 Å². The Labute approximate surface area is 175 Å². The molecule has 3 aromatic rings. The van der Waals surface area contributed by atoms with E-state index in [9.17, 15) is 4.79 Å². The van der Waals surface area contributed by atoms with Gasteiger partial charge in [0.2, 0.25) is 5.82 Å². The number of carbonyl (C=O) groups is 1. The van der Waals surface area contributed by atoms with Crippen LogP contribution in [0.15, 0.2) is 59.1 Å². The number of aromatic nitrogens is 2. The summed E-state index contributed by atoms with van der Waals surface area (Å²) in [6.07, 6.45) is 0. The van der Waals surface area contributed by atoms with Gasteiger partial charge in [0, 0.05) is 30.0 Å². The van der Waals surface area contributed by atoms with Gasteiger partial charge < -0.3 is 24.4 Å².